The number of ether oxygens (including phenoxy) is 1. The van der Waals surface area contributed by atoms with Crippen molar-refractivity contribution >= 4 is 5.91 Å². The first-order valence-electron chi connectivity index (χ1n) is 10.2. The Hall–Kier alpha value is -3.19. The molecule has 156 valence electrons. The van der Waals surface area contributed by atoms with Gasteiger partial charge in [0, 0.05) is 44.7 Å². The highest BCUT2D eigenvalue weighted by molar-refractivity contribution is 5.77. The molecule has 2 aromatic carbocycles. The minimum Gasteiger partial charge on any atom is -0.484 e. The Labute approximate surface area is 176 Å². The fourth-order valence-corrected chi connectivity index (χ4v) is 3.40. The van der Waals surface area contributed by atoms with Gasteiger partial charge in [0.2, 0.25) is 11.8 Å². The van der Waals surface area contributed by atoms with Crippen LogP contribution in [-0.2, 0) is 11.2 Å². The van der Waals surface area contributed by atoms with E-state index in [0.717, 1.165) is 30.9 Å². The van der Waals surface area contributed by atoms with Gasteiger partial charge in [0.25, 0.3) is 5.91 Å². The monoisotopic (exact) mass is 406 g/mol. The number of rotatable bonds is 7. The van der Waals surface area contributed by atoms with Crippen molar-refractivity contribution in [2.24, 2.45) is 0 Å². The number of aromatic nitrogens is 2. The number of amides is 1. The molecule has 7 nitrogen and oxygen atoms in total. The molecular formula is C23H26N4O3. The zero-order chi connectivity index (χ0) is 20.8. The van der Waals surface area contributed by atoms with Crippen molar-refractivity contribution in [3.63, 3.8) is 0 Å². The van der Waals surface area contributed by atoms with Crippen molar-refractivity contribution in [2.45, 2.75) is 13.3 Å². The van der Waals surface area contributed by atoms with E-state index in [0.29, 0.717) is 31.3 Å². The summed E-state index contributed by atoms with van der Waals surface area (Å²) in [7, 11) is 0. The Bertz CT molecular complexity index is 948. The zero-order valence-corrected chi connectivity index (χ0v) is 17.2. The number of carbonyl (C=O) groups excluding carboxylic acids is 1. The summed E-state index contributed by atoms with van der Waals surface area (Å²) in [5, 5.41) is 8.29. The Morgan fingerprint density at radius 2 is 1.73 bits per heavy atom. The van der Waals surface area contributed by atoms with Crippen molar-refractivity contribution in [1.82, 2.24) is 20.0 Å². The second-order valence-corrected chi connectivity index (χ2v) is 7.44. The molecule has 0 N–H and O–H groups in total. The number of aryl methyl sites for hydroxylation is 1. The summed E-state index contributed by atoms with van der Waals surface area (Å²) in [6, 6.07) is 17.5. The second-order valence-electron chi connectivity index (χ2n) is 7.44. The third-order valence-electron chi connectivity index (χ3n) is 5.24. The molecule has 1 amide bonds. The summed E-state index contributed by atoms with van der Waals surface area (Å²) < 4.78 is 11.4. The molecule has 1 aromatic heterocycles. The van der Waals surface area contributed by atoms with Gasteiger partial charge in [0.1, 0.15) is 5.75 Å². The van der Waals surface area contributed by atoms with Crippen LogP contribution in [-0.4, -0.2) is 65.2 Å². The molecule has 7 heteroatoms. The molecule has 0 radical (unpaired) electrons. The van der Waals surface area contributed by atoms with Crippen molar-refractivity contribution < 1.29 is 13.9 Å². The largest absolute Gasteiger partial charge is 0.484 e. The fourth-order valence-electron chi connectivity index (χ4n) is 3.40. The van der Waals surface area contributed by atoms with Crippen LogP contribution in [0.5, 0.6) is 5.75 Å². The summed E-state index contributed by atoms with van der Waals surface area (Å²) in [5.41, 5.74) is 2.10. The highest BCUT2D eigenvalue weighted by Crippen LogP contribution is 2.17. The molecule has 1 fully saturated rings. The molecule has 0 saturated carbocycles. The first-order valence-corrected chi connectivity index (χ1v) is 10.2. The van der Waals surface area contributed by atoms with Crippen LogP contribution in [0.3, 0.4) is 0 Å². The molecule has 30 heavy (non-hydrogen) atoms. The summed E-state index contributed by atoms with van der Waals surface area (Å²) in [6.07, 6.45) is 0.699. The molecule has 1 aliphatic heterocycles. The number of carbonyl (C=O) groups is 1. The summed E-state index contributed by atoms with van der Waals surface area (Å²) in [5.74, 6) is 1.94. The molecule has 0 bridgehead atoms. The summed E-state index contributed by atoms with van der Waals surface area (Å²) in [4.78, 5) is 16.6. The topological polar surface area (TPSA) is 71.7 Å². The second kappa shape index (κ2) is 9.54. The molecule has 0 aliphatic carbocycles. The normalized spacial score (nSPS) is 14.6. The molecule has 2 heterocycles. The van der Waals surface area contributed by atoms with Crippen LogP contribution < -0.4 is 4.74 Å². The number of nitrogens with zero attached hydrogens (tertiary/aromatic N) is 4. The summed E-state index contributed by atoms with van der Waals surface area (Å²) in [6.45, 7) is 6.00. The maximum absolute atomic E-state index is 12.4. The third kappa shape index (κ3) is 5.24. The quantitative estimate of drug-likeness (QED) is 0.601. The molecule has 1 aliphatic rings. The lowest BCUT2D eigenvalue weighted by molar-refractivity contribution is -0.135. The predicted octanol–water partition coefficient (Wildman–Crippen LogP) is 2.81. The van der Waals surface area contributed by atoms with Crippen LogP contribution in [0.25, 0.3) is 11.5 Å². The molecule has 3 aromatic rings. The highest BCUT2D eigenvalue weighted by atomic mass is 16.5. The minimum absolute atomic E-state index is 0.0274. The van der Waals surface area contributed by atoms with Gasteiger partial charge in [-0.25, -0.2) is 0 Å². The maximum Gasteiger partial charge on any atom is 0.260 e. The van der Waals surface area contributed by atoms with Crippen molar-refractivity contribution in [2.75, 3.05) is 39.3 Å². The van der Waals surface area contributed by atoms with Gasteiger partial charge in [-0.05, 0) is 31.2 Å². The van der Waals surface area contributed by atoms with Gasteiger partial charge in [0.15, 0.2) is 6.61 Å². The van der Waals surface area contributed by atoms with Crippen LogP contribution in [0.2, 0.25) is 0 Å². The van der Waals surface area contributed by atoms with Gasteiger partial charge in [-0.3, -0.25) is 9.69 Å². The van der Waals surface area contributed by atoms with Crippen LogP contribution in [0.1, 0.15) is 11.5 Å². The SMILES string of the molecule is Cc1ccc(OCC(=O)N2CCN(CCc3nnc(-c4ccccc4)o3)CC2)cc1. The zero-order valence-electron chi connectivity index (χ0n) is 17.2. The van der Waals surface area contributed by atoms with Crippen LogP contribution >= 0.6 is 0 Å². The van der Waals surface area contributed by atoms with Crippen molar-refractivity contribution in [3.8, 4) is 17.2 Å². The van der Waals surface area contributed by atoms with Crippen molar-refractivity contribution in [3.05, 3.63) is 66.1 Å². The van der Waals surface area contributed by atoms with Gasteiger partial charge in [0.05, 0.1) is 0 Å². The Morgan fingerprint density at radius 1 is 1.00 bits per heavy atom. The van der Waals surface area contributed by atoms with Gasteiger partial charge in [-0.2, -0.15) is 0 Å². The van der Waals surface area contributed by atoms with E-state index in [4.69, 9.17) is 9.15 Å². The van der Waals surface area contributed by atoms with Crippen LogP contribution in [0.15, 0.2) is 59.0 Å². The lowest BCUT2D eigenvalue weighted by atomic mass is 10.2. The summed E-state index contributed by atoms with van der Waals surface area (Å²) >= 11 is 0. The Kier molecular flexibility index (Phi) is 6.39. The number of hydrogen-bond donors (Lipinski definition) is 0. The Morgan fingerprint density at radius 3 is 2.47 bits per heavy atom. The lowest BCUT2D eigenvalue weighted by Gasteiger charge is -2.34. The van der Waals surface area contributed by atoms with Crippen LogP contribution in [0.4, 0.5) is 0 Å². The van der Waals surface area contributed by atoms with Gasteiger partial charge >= 0.3 is 0 Å². The van der Waals surface area contributed by atoms with Crippen molar-refractivity contribution in [1.29, 1.82) is 0 Å². The molecule has 1 saturated heterocycles. The average molecular weight is 406 g/mol. The number of hydrogen-bond acceptors (Lipinski definition) is 6. The maximum atomic E-state index is 12.4. The predicted molar refractivity (Wildman–Crippen MR) is 113 cm³/mol. The van der Waals surface area contributed by atoms with E-state index in [1.807, 2.05) is 66.4 Å². The standard InChI is InChI=1S/C23H26N4O3/c1-18-7-9-20(10-8-18)29-17-22(28)27-15-13-26(14-16-27)12-11-21-24-25-23(30-21)19-5-3-2-4-6-19/h2-10H,11-17H2,1H3. The van der Waals surface area contributed by atoms with E-state index in [-0.39, 0.29) is 12.5 Å². The van der Waals surface area contributed by atoms with E-state index >= 15 is 0 Å². The van der Waals surface area contributed by atoms with Crippen LogP contribution in [0, 0.1) is 6.92 Å². The molecule has 0 unspecified atom stereocenters. The van der Waals surface area contributed by atoms with Gasteiger partial charge < -0.3 is 14.1 Å². The number of benzene rings is 2. The third-order valence-corrected chi connectivity index (χ3v) is 5.24. The van der Waals surface area contributed by atoms with E-state index in [1.54, 1.807) is 0 Å². The van der Waals surface area contributed by atoms with Gasteiger partial charge in [-0.15, -0.1) is 10.2 Å². The lowest BCUT2D eigenvalue weighted by Crippen LogP contribution is -2.50. The first-order chi connectivity index (χ1) is 14.7. The molecule has 4 rings (SSSR count). The minimum atomic E-state index is 0.0274. The first kappa shape index (κ1) is 20.1. The van der Waals surface area contributed by atoms with E-state index in [9.17, 15) is 4.79 Å². The molecule has 0 spiro atoms. The average Bonchev–Trinajstić information content (AvgIpc) is 3.27. The van der Waals surface area contributed by atoms with Gasteiger partial charge in [-0.1, -0.05) is 35.9 Å². The van der Waals surface area contributed by atoms with E-state index < -0.39 is 0 Å². The van der Waals surface area contributed by atoms with E-state index in [1.165, 1.54) is 5.56 Å². The molecular weight excluding hydrogens is 380 g/mol. The highest BCUT2D eigenvalue weighted by Gasteiger charge is 2.21. The number of piperazine rings is 1. The Balaban J connectivity index is 1.19. The van der Waals surface area contributed by atoms with E-state index in [2.05, 4.69) is 15.1 Å². The molecule has 0 atom stereocenters. The smallest absolute Gasteiger partial charge is 0.260 e. The fraction of sp³-hybridized carbons (Fsp3) is 0.348.